The lowest BCUT2D eigenvalue weighted by molar-refractivity contribution is 0.713. The van der Waals surface area contributed by atoms with Crippen LogP contribution in [-0.2, 0) is 6.42 Å². The minimum absolute atomic E-state index is 0. The first-order valence-electron chi connectivity index (χ1n) is 6.00. The molecule has 0 radical (unpaired) electrons. The predicted molar refractivity (Wildman–Crippen MR) is 90.9 cm³/mol. The number of fused-ring (bicyclic) bond motifs is 1. The van der Waals surface area contributed by atoms with Gasteiger partial charge in [-0.3, -0.25) is 0 Å². The molecule has 0 amide bonds. The monoisotopic (exact) mass is 329 g/mol. The molecule has 1 atom stereocenters. The fourth-order valence-corrected chi connectivity index (χ4v) is 2.94. The number of rotatable bonds is 2. The number of aliphatic imine (C=N–C) groups is 1. The van der Waals surface area contributed by atoms with Crippen LogP contribution in [0, 0.1) is 0 Å². The van der Waals surface area contributed by atoms with Crippen LogP contribution >= 0.6 is 36.2 Å². The van der Waals surface area contributed by atoms with E-state index in [9.17, 15) is 0 Å². The summed E-state index contributed by atoms with van der Waals surface area (Å²) in [5.74, 6) is 0.566. The van der Waals surface area contributed by atoms with E-state index >= 15 is 0 Å². The van der Waals surface area contributed by atoms with Crippen LogP contribution in [0.3, 0.4) is 0 Å². The van der Waals surface area contributed by atoms with Gasteiger partial charge in [-0.1, -0.05) is 12.1 Å². The minimum Gasteiger partial charge on any atom is -0.383 e. The van der Waals surface area contributed by atoms with Crippen LogP contribution < -0.4 is 11.5 Å². The maximum absolute atomic E-state index is 6.06. The van der Waals surface area contributed by atoms with E-state index in [1.807, 2.05) is 23.6 Å². The Balaban J connectivity index is 0.000001000. The molecule has 1 aliphatic carbocycles. The number of aryl methyl sites for hydroxylation is 1. The Morgan fingerprint density at radius 3 is 2.75 bits per heavy atom. The maximum Gasteiger partial charge on any atom is 0.141 e. The zero-order chi connectivity index (χ0) is 12.5. The molecule has 3 nitrogen and oxygen atoms in total. The van der Waals surface area contributed by atoms with Crippen molar-refractivity contribution in [2.75, 3.05) is 0 Å². The third-order valence-corrected chi connectivity index (χ3v) is 4.17. The second kappa shape index (κ2) is 7.09. The van der Waals surface area contributed by atoms with Gasteiger partial charge < -0.3 is 11.5 Å². The van der Waals surface area contributed by atoms with Gasteiger partial charge in [0.2, 0.25) is 0 Å². The van der Waals surface area contributed by atoms with Gasteiger partial charge in [-0.25, -0.2) is 4.99 Å². The molecule has 0 fully saturated rings. The van der Waals surface area contributed by atoms with Gasteiger partial charge in [0.25, 0.3) is 0 Å². The van der Waals surface area contributed by atoms with Gasteiger partial charge in [0.1, 0.15) is 5.84 Å². The second-order valence-corrected chi connectivity index (χ2v) is 5.45. The summed E-state index contributed by atoms with van der Waals surface area (Å²) in [4.78, 5) is 5.46. The average Bonchev–Trinajstić information content (AvgIpc) is 3.00. The molecule has 0 saturated heterocycles. The summed E-state index contributed by atoms with van der Waals surface area (Å²) < 4.78 is 0. The highest BCUT2D eigenvalue weighted by Crippen LogP contribution is 2.32. The average molecular weight is 330 g/mol. The first kappa shape index (κ1) is 17.0. The van der Waals surface area contributed by atoms with E-state index in [4.69, 9.17) is 11.5 Å². The van der Waals surface area contributed by atoms with Gasteiger partial charge in [-0.2, -0.15) is 0 Å². The van der Waals surface area contributed by atoms with Crippen molar-refractivity contribution in [3.8, 4) is 0 Å². The molecule has 1 unspecified atom stereocenters. The fraction of sp³-hybridized carbons (Fsp3) is 0.214. The Morgan fingerprint density at radius 1 is 1.25 bits per heavy atom. The lowest BCUT2D eigenvalue weighted by Crippen LogP contribution is -2.10. The Kier molecular flexibility index (Phi) is 6.02. The van der Waals surface area contributed by atoms with Gasteiger partial charge >= 0.3 is 0 Å². The highest BCUT2D eigenvalue weighted by Gasteiger charge is 2.18. The molecule has 108 valence electrons. The number of nitrogens with two attached hydrogens (primary N) is 2. The number of hydrogen-bond donors (Lipinski definition) is 2. The summed E-state index contributed by atoms with van der Waals surface area (Å²) in [6.07, 6.45) is 2.10. The minimum atomic E-state index is 0. The quantitative estimate of drug-likeness (QED) is 0.653. The van der Waals surface area contributed by atoms with E-state index in [-0.39, 0.29) is 30.9 Å². The first-order chi connectivity index (χ1) is 8.74. The maximum atomic E-state index is 6.06. The molecule has 6 heteroatoms. The van der Waals surface area contributed by atoms with Crippen LogP contribution in [-0.4, -0.2) is 5.84 Å². The van der Waals surface area contributed by atoms with Crippen LogP contribution in [0.1, 0.15) is 28.5 Å². The molecule has 1 aromatic carbocycles. The SMILES string of the molecule is Cl.Cl.NC(=Nc1ccc2c(c1)C(N)CC2)c1cccs1. The summed E-state index contributed by atoms with van der Waals surface area (Å²) in [5.41, 5.74) is 15.5. The van der Waals surface area contributed by atoms with Gasteiger partial charge in [0.15, 0.2) is 0 Å². The van der Waals surface area contributed by atoms with E-state index in [2.05, 4.69) is 17.1 Å². The largest absolute Gasteiger partial charge is 0.383 e. The summed E-state index contributed by atoms with van der Waals surface area (Å²) in [6.45, 7) is 0. The molecule has 0 spiro atoms. The van der Waals surface area contributed by atoms with Crippen molar-refractivity contribution in [1.82, 2.24) is 0 Å². The molecule has 1 aromatic heterocycles. The molecule has 0 saturated carbocycles. The third kappa shape index (κ3) is 3.33. The normalized spacial score (nSPS) is 17.1. The van der Waals surface area contributed by atoms with Crippen molar-refractivity contribution in [2.45, 2.75) is 18.9 Å². The zero-order valence-electron chi connectivity index (χ0n) is 10.8. The lowest BCUT2D eigenvalue weighted by Gasteiger charge is -2.06. The summed E-state index contributed by atoms with van der Waals surface area (Å²) in [5, 5.41) is 2.00. The topological polar surface area (TPSA) is 64.4 Å². The van der Waals surface area contributed by atoms with Crippen LogP contribution in [0.15, 0.2) is 40.7 Å². The van der Waals surface area contributed by atoms with Crippen molar-refractivity contribution in [2.24, 2.45) is 16.5 Å². The molecule has 20 heavy (non-hydrogen) atoms. The van der Waals surface area contributed by atoms with Crippen molar-refractivity contribution < 1.29 is 0 Å². The predicted octanol–water partition coefficient (Wildman–Crippen LogP) is 3.57. The molecule has 3 rings (SSSR count). The van der Waals surface area contributed by atoms with Crippen LogP contribution in [0.4, 0.5) is 5.69 Å². The summed E-state index contributed by atoms with van der Waals surface area (Å²) >= 11 is 1.60. The van der Waals surface area contributed by atoms with Crippen molar-refractivity contribution in [3.05, 3.63) is 51.7 Å². The molecular weight excluding hydrogens is 313 g/mol. The summed E-state index contributed by atoms with van der Waals surface area (Å²) in [6, 6.07) is 10.3. The van der Waals surface area contributed by atoms with Crippen LogP contribution in [0.5, 0.6) is 0 Å². The molecular formula is C14H17Cl2N3S. The number of nitrogens with zero attached hydrogens (tertiary/aromatic N) is 1. The molecule has 1 heterocycles. The number of thiophene rings is 1. The second-order valence-electron chi connectivity index (χ2n) is 4.50. The molecule has 2 aromatic rings. The van der Waals surface area contributed by atoms with Crippen molar-refractivity contribution in [3.63, 3.8) is 0 Å². The molecule has 0 bridgehead atoms. The molecule has 0 aliphatic heterocycles. The van der Waals surface area contributed by atoms with E-state index in [1.54, 1.807) is 11.3 Å². The highest BCUT2D eigenvalue weighted by atomic mass is 35.5. The molecule has 1 aliphatic rings. The van der Waals surface area contributed by atoms with E-state index < -0.39 is 0 Å². The van der Waals surface area contributed by atoms with Gasteiger partial charge in [0, 0.05) is 6.04 Å². The lowest BCUT2D eigenvalue weighted by atomic mass is 10.1. The number of amidine groups is 1. The van der Waals surface area contributed by atoms with Crippen molar-refractivity contribution in [1.29, 1.82) is 0 Å². The van der Waals surface area contributed by atoms with Gasteiger partial charge in [-0.05, 0) is 47.5 Å². The highest BCUT2D eigenvalue weighted by molar-refractivity contribution is 7.12. The fourth-order valence-electron chi connectivity index (χ4n) is 2.31. The van der Waals surface area contributed by atoms with Gasteiger partial charge in [-0.15, -0.1) is 36.2 Å². The smallest absolute Gasteiger partial charge is 0.141 e. The molecule has 4 N–H and O–H groups in total. The number of benzene rings is 1. The van der Waals surface area contributed by atoms with E-state index in [0.717, 1.165) is 23.4 Å². The Hall–Kier alpha value is -1.07. The number of halogens is 2. The summed E-state index contributed by atoms with van der Waals surface area (Å²) in [7, 11) is 0. The Morgan fingerprint density at radius 2 is 2.05 bits per heavy atom. The van der Waals surface area contributed by atoms with Crippen LogP contribution in [0.2, 0.25) is 0 Å². The zero-order valence-corrected chi connectivity index (χ0v) is 13.2. The van der Waals surface area contributed by atoms with Crippen LogP contribution in [0.25, 0.3) is 0 Å². The first-order valence-corrected chi connectivity index (χ1v) is 6.88. The van der Waals surface area contributed by atoms with E-state index in [0.29, 0.717) is 5.84 Å². The van der Waals surface area contributed by atoms with Crippen molar-refractivity contribution >= 4 is 47.7 Å². The number of hydrogen-bond acceptors (Lipinski definition) is 3. The third-order valence-electron chi connectivity index (χ3n) is 3.28. The standard InChI is InChI=1S/C14H15N3S.2ClH/c15-12-6-4-9-3-5-10(8-11(9)12)17-14(16)13-2-1-7-18-13;;/h1-3,5,7-8,12H,4,6,15H2,(H2,16,17);2*1H. The Labute approximate surface area is 134 Å². The Bertz CT molecular complexity index is 596. The van der Waals surface area contributed by atoms with Gasteiger partial charge in [0.05, 0.1) is 10.6 Å². The van der Waals surface area contributed by atoms with E-state index in [1.165, 1.54) is 11.1 Å².